The Balaban J connectivity index is 2.00. The van der Waals surface area contributed by atoms with Gasteiger partial charge in [-0.2, -0.15) is 0 Å². The first-order valence-electron chi connectivity index (χ1n) is 4.73. The normalized spacial score (nSPS) is 32.4. The molecule has 1 aromatic carbocycles. The second-order valence-electron chi connectivity index (χ2n) is 3.90. The van der Waals surface area contributed by atoms with Gasteiger partial charge in [-0.05, 0) is 11.6 Å². The smallest absolute Gasteiger partial charge is 0.307 e. The predicted molar refractivity (Wildman–Crippen MR) is 49.3 cm³/mol. The van der Waals surface area contributed by atoms with Gasteiger partial charge in [0.1, 0.15) is 5.75 Å². The maximum Gasteiger partial charge on any atom is 0.307 e. The second kappa shape index (κ2) is 2.50. The number of para-hydroxylation sites is 1. The van der Waals surface area contributed by atoms with Crippen LogP contribution in [0.25, 0.3) is 0 Å². The number of carbonyl (C=O) groups is 1. The van der Waals surface area contributed by atoms with Crippen LogP contribution >= 0.6 is 0 Å². The number of ether oxygens (including phenoxy) is 1. The third kappa shape index (κ3) is 0.895. The van der Waals surface area contributed by atoms with E-state index in [-0.39, 0.29) is 17.8 Å². The monoisotopic (exact) mass is 190 g/mol. The number of carboxylic acids is 1. The number of hydrogen-bond donors (Lipinski definition) is 1. The predicted octanol–water partition coefficient (Wildman–Crippen LogP) is 1.49. The van der Waals surface area contributed by atoms with E-state index >= 15 is 0 Å². The molecule has 1 saturated carbocycles. The second-order valence-corrected chi connectivity index (χ2v) is 3.90. The number of benzene rings is 1. The zero-order valence-electron chi connectivity index (χ0n) is 7.51. The Hall–Kier alpha value is -1.51. The highest BCUT2D eigenvalue weighted by atomic mass is 16.5. The van der Waals surface area contributed by atoms with E-state index in [1.807, 2.05) is 24.3 Å². The molecule has 0 amide bonds. The van der Waals surface area contributed by atoms with E-state index in [4.69, 9.17) is 9.84 Å². The Morgan fingerprint density at radius 3 is 3.00 bits per heavy atom. The van der Waals surface area contributed by atoms with E-state index in [1.165, 1.54) is 0 Å². The van der Waals surface area contributed by atoms with Crippen molar-refractivity contribution in [3.05, 3.63) is 29.8 Å². The fourth-order valence-corrected chi connectivity index (χ4v) is 2.42. The standard InChI is InChI=1S/C11H10O3/c12-11(13)10-7-5-14-8-4-2-1-3-6(8)9(7)10/h1-4,7,9-10H,5H2,(H,12,13)/t7-,9+,10?/m1/s1. The lowest BCUT2D eigenvalue weighted by atomic mass is 10.1. The lowest BCUT2D eigenvalue weighted by Gasteiger charge is -2.15. The van der Waals surface area contributed by atoms with Crippen molar-refractivity contribution in [2.45, 2.75) is 5.92 Å². The molecule has 1 heterocycles. The highest BCUT2D eigenvalue weighted by Gasteiger charge is 2.58. The summed E-state index contributed by atoms with van der Waals surface area (Å²) < 4.78 is 5.49. The quantitative estimate of drug-likeness (QED) is 0.729. The van der Waals surface area contributed by atoms with E-state index in [0.29, 0.717) is 6.61 Å². The van der Waals surface area contributed by atoms with Gasteiger partial charge in [0.2, 0.25) is 0 Å². The summed E-state index contributed by atoms with van der Waals surface area (Å²) in [5.74, 6) is 0.330. The van der Waals surface area contributed by atoms with Gasteiger partial charge in [0.25, 0.3) is 0 Å². The van der Waals surface area contributed by atoms with Gasteiger partial charge in [0.15, 0.2) is 0 Å². The van der Waals surface area contributed by atoms with Crippen molar-refractivity contribution in [1.82, 2.24) is 0 Å². The summed E-state index contributed by atoms with van der Waals surface area (Å²) in [6.45, 7) is 0.554. The van der Waals surface area contributed by atoms with Gasteiger partial charge in [0.05, 0.1) is 12.5 Å². The lowest BCUT2D eigenvalue weighted by Crippen LogP contribution is -2.08. The minimum absolute atomic E-state index is 0.192. The maximum absolute atomic E-state index is 10.9. The summed E-state index contributed by atoms with van der Waals surface area (Å²) in [6, 6.07) is 7.72. The minimum Gasteiger partial charge on any atom is -0.493 e. The van der Waals surface area contributed by atoms with Crippen molar-refractivity contribution in [3.63, 3.8) is 0 Å². The van der Waals surface area contributed by atoms with Crippen LogP contribution in [-0.4, -0.2) is 17.7 Å². The van der Waals surface area contributed by atoms with Crippen LogP contribution < -0.4 is 4.74 Å². The lowest BCUT2D eigenvalue weighted by molar-refractivity contribution is -0.139. The molecular formula is C11H10O3. The van der Waals surface area contributed by atoms with Gasteiger partial charge in [-0.15, -0.1) is 0 Å². The molecule has 3 nitrogen and oxygen atoms in total. The van der Waals surface area contributed by atoms with Crippen molar-refractivity contribution in [2.75, 3.05) is 6.61 Å². The topological polar surface area (TPSA) is 46.5 Å². The molecule has 1 aliphatic carbocycles. The summed E-state index contributed by atoms with van der Waals surface area (Å²) in [5.41, 5.74) is 1.07. The van der Waals surface area contributed by atoms with Crippen molar-refractivity contribution in [2.24, 2.45) is 11.8 Å². The van der Waals surface area contributed by atoms with E-state index in [2.05, 4.69) is 0 Å². The van der Waals surface area contributed by atoms with Crippen LogP contribution in [-0.2, 0) is 4.79 Å². The Kier molecular flexibility index (Phi) is 1.40. The Morgan fingerprint density at radius 2 is 2.21 bits per heavy atom. The van der Waals surface area contributed by atoms with Crippen molar-refractivity contribution < 1.29 is 14.6 Å². The SMILES string of the molecule is O=C(O)C1[C@H]2c3ccccc3OC[C@@H]12. The number of hydrogen-bond acceptors (Lipinski definition) is 2. The summed E-state index contributed by atoms with van der Waals surface area (Å²) in [5, 5.41) is 8.95. The molecule has 0 saturated heterocycles. The van der Waals surface area contributed by atoms with Crippen LogP contribution in [0.3, 0.4) is 0 Å². The molecule has 1 aromatic rings. The molecule has 72 valence electrons. The average molecular weight is 190 g/mol. The Labute approximate surface area is 81.3 Å². The van der Waals surface area contributed by atoms with Crippen LogP contribution in [0.15, 0.2) is 24.3 Å². The fraction of sp³-hybridized carbons (Fsp3) is 0.364. The van der Waals surface area contributed by atoms with Gasteiger partial charge < -0.3 is 9.84 Å². The number of fused-ring (bicyclic) bond motifs is 3. The molecule has 1 aliphatic heterocycles. The fourth-order valence-electron chi connectivity index (χ4n) is 2.42. The first-order valence-corrected chi connectivity index (χ1v) is 4.73. The molecule has 3 rings (SSSR count). The summed E-state index contributed by atoms with van der Waals surface area (Å²) in [7, 11) is 0. The van der Waals surface area contributed by atoms with Gasteiger partial charge >= 0.3 is 5.97 Å². The zero-order chi connectivity index (χ0) is 9.71. The first kappa shape index (κ1) is 7.85. The Morgan fingerprint density at radius 1 is 1.43 bits per heavy atom. The summed E-state index contributed by atoms with van der Waals surface area (Å²) >= 11 is 0. The van der Waals surface area contributed by atoms with Crippen molar-refractivity contribution in [1.29, 1.82) is 0 Å². The molecule has 2 aliphatic rings. The number of aliphatic carboxylic acids is 1. The third-order valence-corrected chi connectivity index (χ3v) is 3.16. The molecule has 1 unspecified atom stereocenters. The van der Waals surface area contributed by atoms with Crippen LogP contribution in [0, 0.1) is 11.8 Å². The molecular weight excluding hydrogens is 180 g/mol. The third-order valence-electron chi connectivity index (χ3n) is 3.16. The molecule has 3 heteroatoms. The van der Waals surface area contributed by atoms with E-state index in [1.54, 1.807) is 0 Å². The average Bonchev–Trinajstić information content (AvgIpc) is 2.92. The molecule has 0 spiro atoms. The summed E-state index contributed by atoms with van der Waals surface area (Å²) in [6.07, 6.45) is 0. The molecule has 1 N–H and O–H groups in total. The van der Waals surface area contributed by atoms with Crippen molar-refractivity contribution in [3.8, 4) is 5.75 Å². The largest absolute Gasteiger partial charge is 0.493 e. The van der Waals surface area contributed by atoms with E-state index < -0.39 is 5.97 Å². The summed E-state index contributed by atoms with van der Waals surface area (Å²) in [4.78, 5) is 10.9. The minimum atomic E-state index is -0.694. The molecule has 0 aromatic heterocycles. The van der Waals surface area contributed by atoms with Gasteiger partial charge in [-0.25, -0.2) is 0 Å². The molecule has 3 atom stereocenters. The van der Waals surface area contributed by atoms with Crippen LogP contribution in [0.1, 0.15) is 11.5 Å². The van der Waals surface area contributed by atoms with Gasteiger partial charge in [-0.3, -0.25) is 4.79 Å². The van der Waals surface area contributed by atoms with E-state index in [0.717, 1.165) is 11.3 Å². The molecule has 0 bridgehead atoms. The van der Waals surface area contributed by atoms with Gasteiger partial charge in [-0.1, -0.05) is 18.2 Å². The van der Waals surface area contributed by atoms with Crippen LogP contribution in [0.2, 0.25) is 0 Å². The molecule has 0 radical (unpaired) electrons. The van der Waals surface area contributed by atoms with E-state index in [9.17, 15) is 4.79 Å². The highest BCUT2D eigenvalue weighted by Crippen LogP contribution is 2.58. The maximum atomic E-state index is 10.9. The highest BCUT2D eigenvalue weighted by molar-refractivity contribution is 5.77. The number of rotatable bonds is 1. The first-order chi connectivity index (χ1) is 6.79. The molecule has 14 heavy (non-hydrogen) atoms. The molecule has 1 fully saturated rings. The van der Waals surface area contributed by atoms with Gasteiger partial charge in [0, 0.05) is 11.8 Å². The van der Waals surface area contributed by atoms with Crippen LogP contribution in [0.5, 0.6) is 5.75 Å². The van der Waals surface area contributed by atoms with Crippen molar-refractivity contribution >= 4 is 5.97 Å². The zero-order valence-corrected chi connectivity index (χ0v) is 7.51. The number of carboxylic acid groups (broad SMARTS) is 1. The Bertz CT molecular complexity index is 399. The van der Waals surface area contributed by atoms with Crippen LogP contribution in [0.4, 0.5) is 0 Å².